The monoisotopic (exact) mass is 681 g/mol. The van der Waals surface area contributed by atoms with Crippen molar-refractivity contribution in [3.8, 4) is 5.75 Å². The molecule has 8 nitrogen and oxygen atoms in total. The maximum Gasteiger partial charge on any atom is 0.272 e. The van der Waals surface area contributed by atoms with Crippen molar-refractivity contribution in [2.45, 2.75) is 38.3 Å². The number of nitrogens with zero attached hydrogens (tertiary/aromatic N) is 3. The highest BCUT2D eigenvalue weighted by Gasteiger charge is 2.28. The second kappa shape index (κ2) is 13.9. The first-order chi connectivity index (χ1) is 21.4. The zero-order valence-corrected chi connectivity index (χ0v) is 26.5. The minimum absolute atomic E-state index is 0.0602. The molecule has 0 aliphatic carbocycles. The molecule has 1 aliphatic rings. The molecule has 14 heteroatoms. The van der Waals surface area contributed by atoms with Crippen molar-refractivity contribution in [1.29, 1.82) is 0 Å². The number of halogens is 6. The summed E-state index contributed by atoms with van der Waals surface area (Å²) in [5.74, 6) is -0.994. The number of anilines is 1. The predicted octanol–water partition coefficient (Wildman–Crippen LogP) is 6.87. The van der Waals surface area contributed by atoms with Crippen LogP contribution in [0, 0.1) is 5.82 Å². The van der Waals surface area contributed by atoms with Crippen molar-refractivity contribution in [3.63, 3.8) is 0 Å². The van der Waals surface area contributed by atoms with E-state index >= 15 is 0 Å². The van der Waals surface area contributed by atoms with Gasteiger partial charge in [-0.25, -0.2) is 18.2 Å². The number of rotatable bonds is 10. The summed E-state index contributed by atoms with van der Waals surface area (Å²) >= 11 is 19.2. The summed E-state index contributed by atoms with van der Waals surface area (Å²) in [5.41, 5.74) is 2.30. The summed E-state index contributed by atoms with van der Waals surface area (Å²) in [7, 11) is 3.65. The van der Waals surface area contributed by atoms with E-state index in [1.807, 2.05) is 11.9 Å². The number of alkyl halides is 2. The summed E-state index contributed by atoms with van der Waals surface area (Å²) in [4.78, 5) is 32.6. The topological polar surface area (TPSA) is 88.5 Å². The Balaban J connectivity index is 1.43. The number of aromatic nitrogens is 2. The van der Waals surface area contributed by atoms with Gasteiger partial charge in [0.15, 0.2) is 0 Å². The van der Waals surface area contributed by atoms with E-state index in [1.165, 1.54) is 24.3 Å². The maximum atomic E-state index is 13.6. The molecule has 45 heavy (non-hydrogen) atoms. The molecule has 238 valence electrons. The summed E-state index contributed by atoms with van der Waals surface area (Å²) in [6.07, 6.45) is -0.824. The molecule has 2 heterocycles. The largest absolute Gasteiger partial charge is 0.487 e. The quantitative estimate of drug-likeness (QED) is 0.191. The van der Waals surface area contributed by atoms with Crippen LogP contribution in [0.5, 0.6) is 5.75 Å². The summed E-state index contributed by atoms with van der Waals surface area (Å²) in [6.45, 7) is 0.152. The molecule has 1 unspecified atom stereocenters. The molecule has 1 atom stereocenters. The van der Waals surface area contributed by atoms with Crippen LogP contribution in [0.15, 0.2) is 42.5 Å². The third-order valence-corrected chi connectivity index (χ3v) is 8.85. The second-order valence-electron chi connectivity index (χ2n) is 10.7. The lowest BCUT2D eigenvalue weighted by Crippen LogP contribution is -2.41. The number of imidazole rings is 1. The predicted molar refractivity (Wildman–Crippen MR) is 168 cm³/mol. The molecular formula is C31H29Cl3F3N5O3. The minimum atomic E-state index is -2.78. The van der Waals surface area contributed by atoms with Crippen LogP contribution in [0.3, 0.4) is 0 Å². The number of carbonyl (C=O) groups is 2. The summed E-state index contributed by atoms with van der Waals surface area (Å²) < 4.78 is 46.8. The molecule has 1 fully saturated rings. The van der Waals surface area contributed by atoms with Gasteiger partial charge in [-0.1, -0.05) is 40.9 Å². The van der Waals surface area contributed by atoms with E-state index in [0.29, 0.717) is 38.0 Å². The fourth-order valence-corrected chi connectivity index (χ4v) is 6.05. The Labute approximate surface area is 272 Å². The van der Waals surface area contributed by atoms with E-state index < -0.39 is 24.8 Å². The van der Waals surface area contributed by atoms with Crippen LogP contribution < -0.4 is 15.4 Å². The number of fused-ring (bicyclic) bond motifs is 1. The molecule has 0 saturated carbocycles. The Morgan fingerprint density at radius 1 is 1.09 bits per heavy atom. The Bertz CT molecular complexity index is 1770. The fourth-order valence-electron chi connectivity index (χ4n) is 5.29. The Morgan fingerprint density at radius 3 is 2.56 bits per heavy atom. The number of ether oxygens (including phenoxy) is 1. The molecule has 1 aliphatic heterocycles. The smallest absolute Gasteiger partial charge is 0.272 e. The first-order valence-electron chi connectivity index (χ1n) is 14.0. The van der Waals surface area contributed by atoms with Crippen molar-refractivity contribution in [2.24, 2.45) is 7.05 Å². The van der Waals surface area contributed by atoms with Crippen LogP contribution in [-0.2, 0) is 24.8 Å². The normalized spacial score (nSPS) is 15.2. The zero-order valence-electron chi connectivity index (χ0n) is 24.3. The third-order valence-electron chi connectivity index (χ3n) is 7.74. The maximum absolute atomic E-state index is 13.6. The van der Waals surface area contributed by atoms with Crippen molar-refractivity contribution >= 4 is 63.3 Å². The number of nitrogens with one attached hydrogen (secondary N) is 2. The van der Waals surface area contributed by atoms with Gasteiger partial charge < -0.3 is 19.9 Å². The van der Waals surface area contributed by atoms with Gasteiger partial charge in [-0.15, -0.1) is 0 Å². The zero-order chi connectivity index (χ0) is 32.4. The van der Waals surface area contributed by atoms with Crippen molar-refractivity contribution in [3.05, 3.63) is 85.9 Å². The van der Waals surface area contributed by atoms with Crippen LogP contribution >= 0.6 is 34.8 Å². The highest BCUT2D eigenvalue weighted by Crippen LogP contribution is 2.33. The van der Waals surface area contributed by atoms with Gasteiger partial charge in [-0.2, -0.15) is 0 Å². The molecule has 1 aromatic heterocycles. The number of likely N-dealkylation sites (N-methyl/N-ethyl adjacent to an activating group) is 1. The van der Waals surface area contributed by atoms with Gasteiger partial charge in [0.25, 0.3) is 12.3 Å². The van der Waals surface area contributed by atoms with Crippen LogP contribution in [0.1, 0.15) is 40.2 Å². The van der Waals surface area contributed by atoms with Crippen molar-refractivity contribution in [1.82, 2.24) is 19.8 Å². The van der Waals surface area contributed by atoms with Crippen molar-refractivity contribution < 1.29 is 27.5 Å². The highest BCUT2D eigenvalue weighted by atomic mass is 35.5. The average Bonchev–Trinajstić information content (AvgIpc) is 3.56. The molecule has 0 spiro atoms. The van der Waals surface area contributed by atoms with Crippen LogP contribution in [0.2, 0.25) is 15.1 Å². The van der Waals surface area contributed by atoms with E-state index in [-0.39, 0.29) is 46.9 Å². The average molecular weight is 683 g/mol. The number of likely N-dealkylation sites (tertiary alicyclic amines) is 1. The van der Waals surface area contributed by atoms with Crippen LogP contribution in [0.4, 0.5) is 18.9 Å². The molecule has 2 N–H and O–H groups in total. The Hall–Kier alpha value is -3.51. The molecule has 5 rings (SSSR count). The number of aryl methyl sites for hydroxylation is 1. The number of carbonyl (C=O) groups excluding carboxylic acids is 2. The van der Waals surface area contributed by atoms with Gasteiger partial charge in [0.2, 0.25) is 5.91 Å². The summed E-state index contributed by atoms with van der Waals surface area (Å²) in [5, 5.41) is 6.13. The lowest BCUT2D eigenvalue weighted by atomic mass is 10.1. The van der Waals surface area contributed by atoms with E-state index in [0.717, 1.165) is 25.5 Å². The number of hydrogen-bond acceptors (Lipinski definition) is 5. The highest BCUT2D eigenvalue weighted by molar-refractivity contribution is 6.36. The van der Waals surface area contributed by atoms with Gasteiger partial charge in [0.1, 0.15) is 24.0 Å². The minimum Gasteiger partial charge on any atom is -0.487 e. The fraction of sp³-hybridized carbons (Fsp3) is 0.323. The van der Waals surface area contributed by atoms with Crippen LogP contribution in [0.25, 0.3) is 11.0 Å². The van der Waals surface area contributed by atoms with Crippen LogP contribution in [-0.4, -0.2) is 58.9 Å². The standard InChI is InChI=1S/C31H29Cl3F3N5O3/c1-41-9-3-4-24(41)31(44)38-14-16-5-7-20(32)18(29(16)34)12-28-40-23-11-19(26(45-15-27(36)37)13-25(23)42(28)2)30(43)39-17-6-8-22(35)21(33)10-17/h5-8,10-11,13,24,27H,3-4,9,12,14-15H2,1-2H3,(H,38,44)(H,39,43). The molecule has 3 aromatic carbocycles. The Morgan fingerprint density at radius 2 is 1.87 bits per heavy atom. The number of hydrogen-bond donors (Lipinski definition) is 2. The second-order valence-corrected chi connectivity index (χ2v) is 11.9. The van der Waals surface area contributed by atoms with E-state index in [2.05, 4.69) is 15.6 Å². The van der Waals surface area contributed by atoms with Crippen molar-refractivity contribution in [2.75, 3.05) is 25.5 Å². The lowest BCUT2D eigenvalue weighted by Gasteiger charge is -2.19. The molecule has 2 amide bonds. The molecular weight excluding hydrogens is 654 g/mol. The molecule has 0 bridgehead atoms. The van der Waals surface area contributed by atoms with Gasteiger partial charge in [-0.05, 0) is 67.9 Å². The Kier molecular flexibility index (Phi) is 10.1. The van der Waals surface area contributed by atoms with E-state index in [1.54, 1.807) is 23.7 Å². The summed E-state index contributed by atoms with van der Waals surface area (Å²) in [6, 6.07) is 9.80. The van der Waals surface area contributed by atoms with Gasteiger partial charge in [0.05, 0.1) is 32.7 Å². The molecule has 1 saturated heterocycles. The SMILES string of the molecule is CN1CCCC1C(=O)NCc1ccc(Cl)c(Cc2nc3cc(C(=O)Nc4ccc(F)c(Cl)c4)c(OCC(F)F)cc3n2C)c1Cl. The number of benzene rings is 3. The third kappa shape index (κ3) is 7.33. The van der Waals surface area contributed by atoms with E-state index in [9.17, 15) is 22.8 Å². The first-order valence-corrected chi connectivity index (χ1v) is 15.2. The lowest BCUT2D eigenvalue weighted by molar-refractivity contribution is -0.125. The molecule has 0 radical (unpaired) electrons. The first kappa shape index (κ1) is 32.9. The van der Waals surface area contributed by atoms with Gasteiger partial charge in [-0.3, -0.25) is 14.5 Å². The van der Waals surface area contributed by atoms with E-state index in [4.69, 9.17) is 39.5 Å². The van der Waals surface area contributed by atoms with Gasteiger partial charge >= 0.3 is 0 Å². The molecule has 4 aromatic rings. The number of amides is 2. The van der Waals surface area contributed by atoms with Gasteiger partial charge in [0, 0.05) is 36.8 Å².